The largest absolute Gasteiger partial charge is 0.478 e. The Morgan fingerprint density at radius 3 is 2.70 bits per heavy atom. The standard InChI is InChI=1S/C10H9FN4O4S/c1-5-8(10(16)17)9(14-13-5)20(18,19)15-7-3-2-6(11)4-12-7/h2-4H,1H3,(H,12,15)(H,13,14)(H,16,17). The zero-order valence-corrected chi connectivity index (χ0v) is 10.9. The van der Waals surface area contributed by atoms with Gasteiger partial charge in [-0.25, -0.2) is 14.2 Å². The topological polar surface area (TPSA) is 125 Å². The molecule has 0 saturated heterocycles. The van der Waals surface area contributed by atoms with Crippen LogP contribution in [-0.2, 0) is 10.0 Å². The van der Waals surface area contributed by atoms with Crippen molar-refractivity contribution >= 4 is 21.8 Å². The van der Waals surface area contributed by atoms with Gasteiger partial charge < -0.3 is 5.11 Å². The number of sulfonamides is 1. The predicted octanol–water partition coefficient (Wildman–Crippen LogP) is 0.751. The molecule has 8 nitrogen and oxygen atoms in total. The molecule has 0 fully saturated rings. The molecule has 0 radical (unpaired) electrons. The first-order valence-electron chi connectivity index (χ1n) is 5.24. The number of halogens is 1. The van der Waals surface area contributed by atoms with E-state index in [1.807, 2.05) is 4.72 Å². The fourth-order valence-electron chi connectivity index (χ4n) is 1.48. The van der Waals surface area contributed by atoms with Crippen molar-refractivity contribution in [3.05, 3.63) is 35.4 Å². The van der Waals surface area contributed by atoms with Crippen LogP contribution in [0.2, 0.25) is 0 Å². The number of aromatic carboxylic acids is 1. The Morgan fingerprint density at radius 2 is 2.15 bits per heavy atom. The van der Waals surface area contributed by atoms with Gasteiger partial charge in [-0.1, -0.05) is 0 Å². The Kier molecular flexibility index (Phi) is 3.40. The number of aromatic nitrogens is 3. The SMILES string of the molecule is Cc1[nH]nc(S(=O)(=O)Nc2ccc(F)cn2)c1C(=O)O. The maximum atomic E-state index is 12.7. The summed E-state index contributed by atoms with van der Waals surface area (Å²) in [7, 11) is -4.24. The van der Waals surface area contributed by atoms with Crippen LogP contribution in [0.25, 0.3) is 0 Å². The van der Waals surface area contributed by atoms with E-state index in [0.29, 0.717) is 0 Å². The van der Waals surface area contributed by atoms with Crippen LogP contribution in [0, 0.1) is 12.7 Å². The Bertz CT molecular complexity index is 754. The molecule has 20 heavy (non-hydrogen) atoms. The molecule has 2 aromatic rings. The van der Waals surface area contributed by atoms with Crippen molar-refractivity contribution in [1.29, 1.82) is 0 Å². The average Bonchev–Trinajstić information content (AvgIpc) is 2.75. The van der Waals surface area contributed by atoms with Crippen molar-refractivity contribution in [1.82, 2.24) is 15.2 Å². The van der Waals surface area contributed by atoms with Crippen LogP contribution in [0.1, 0.15) is 16.1 Å². The Morgan fingerprint density at radius 1 is 1.45 bits per heavy atom. The zero-order chi connectivity index (χ0) is 14.9. The minimum atomic E-state index is -4.24. The van der Waals surface area contributed by atoms with Crippen molar-refractivity contribution in [3.8, 4) is 0 Å². The van der Waals surface area contributed by atoms with E-state index < -0.39 is 32.4 Å². The average molecular weight is 300 g/mol. The van der Waals surface area contributed by atoms with Crippen LogP contribution in [0.5, 0.6) is 0 Å². The van der Waals surface area contributed by atoms with E-state index in [1.54, 1.807) is 0 Å². The monoisotopic (exact) mass is 300 g/mol. The van der Waals surface area contributed by atoms with E-state index in [0.717, 1.165) is 18.3 Å². The Hall–Kier alpha value is -2.49. The van der Waals surface area contributed by atoms with E-state index in [1.165, 1.54) is 6.92 Å². The smallest absolute Gasteiger partial charge is 0.340 e. The maximum absolute atomic E-state index is 12.7. The highest BCUT2D eigenvalue weighted by Crippen LogP contribution is 2.19. The van der Waals surface area contributed by atoms with Gasteiger partial charge in [0.1, 0.15) is 17.2 Å². The number of aromatic amines is 1. The van der Waals surface area contributed by atoms with Gasteiger partial charge in [0.2, 0.25) is 5.03 Å². The van der Waals surface area contributed by atoms with Crippen molar-refractivity contribution < 1.29 is 22.7 Å². The number of carboxylic acid groups (broad SMARTS) is 1. The minimum absolute atomic E-state index is 0.102. The summed E-state index contributed by atoms with van der Waals surface area (Å²) < 4.78 is 38.8. The van der Waals surface area contributed by atoms with Crippen molar-refractivity contribution in [2.75, 3.05) is 4.72 Å². The number of carbonyl (C=O) groups is 1. The molecule has 0 unspecified atom stereocenters. The molecule has 2 heterocycles. The van der Waals surface area contributed by atoms with Crippen molar-refractivity contribution in [2.45, 2.75) is 11.9 Å². The molecule has 0 amide bonds. The van der Waals surface area contributed by atoms with Gasteiger partial charge >= 0.3 is 5.97 Å². The lowest BCUT2D eigenvalue weighted by Gasteiger charge is -2.05. The summed E-state index contributed by atoms with van der Waals surface area (Å²) >= 11 is 0. The normalized spacial score (nSPS) is 11.3. The van der Waals surface area contributed by atoms with Gasteiger partial charge in [0.15, 0.2) is 0 Å². The lowest BCUT2D eigenvalue weighted by Crippen LogP contribution is -2.17. The second-order valence-electron chi connectivity index (χ2n) is 3.80. The van der Waals surface area contributed by atoms with Gasteiger partial charge in [0, 0.05) is 5.69 Å². The van der Waals surface area contributed by atoms with Crippen molar-refractivity contribution in [2.24, 2.45) is 0 Å². The molecule has 0 saturated carbocycles. The molecular weight excluding hydrogens is 291 g/mol. The Labute approximate surface area is 112 Å². The van der Waals surface area contributed by atoms with Gasteiger partial charge in [0.25, 0.3) is 10.0 Å². The number of rotatable bonds is 4. The maximum Gasteiger partial charge on any atom is 0.340 e. The first-order chi connectivity index (χ1) is 9.31. The molecule has 106 valence electrons. The number of aryl methyl sites for hydroxylation is 1. The first-order valence-corrected chi connectivity index (χ1v) is 6.72. The summed E-state index contributed by atoms with van der Waals surface area (Å²) in [5, 5.41) is 14.1. The number of carboxylic acids is 1. The van der Waals surface area contributed by atoms with Crippen molar-refractivity contribution in [3.63, 3.8) is 0 Å². The van der Waals surface area contributed by atoms with Gasteiger partial charge in [-0.3, -0.25) is 9.82 Å². The van der Waals surface area contributed by atoms with Crippen LogP contribution >= 0.6 is 0 Å². The summed E-state index contributed by atoms with van der Waals surface area (Å²) in [5.74, 6) is -2.21. The molecule has 0 aliphatic carbocycles. The summed E-state index contributed by atoms with van der Waals surface area (Å²) in [5.41, 5.74) is -0.357. The second kappa shape index (κ2) is 4.89. The summed E-state index contributed by atoms with van der Waals surface area (Å²) in [6.07, 6.45) is 0.825. The summed E-state index contributed by atoms with van der Waals surface area (Å²) in [6, 6.07) is 2.12. The fraction of sp³-hybridized carbons (Fsp3) is 0.100. The molecule has 3 N–H and O–H groups in total. The number of hydrogen-bond donors (Lipinski definition) is 3. The van der Waals surface area contributed by atoms with Crippen LogP contribution in [0.4, 0.5) is 10.2 Å². The molecule has 2 aromatic heterocycles. The number of nitrogens with one attached hydrogen (secondary N) is 2. The van der Waals surface area contributed by atoms with Gasteiger partial charge in [-0.05, 0) is 19.1 Å². The van der Waals surface area contributed by atoms with Crippen LogP contribution < -0.4 is 4.72 Å². The van der Waals surface area contributed by atoms with Crippen LogP contribution in [0.3, 0.4) is 0 Å². The molecule has 0 aliphatic rings. The molecule has 0 spiro atoms. The number of H-pyrrole nitrogens is 1. The third-order valence-corrected chi connectivity index (χ3v) is 3.63. The number of pyridine rings is 1. The molecule has 0 bridgehead atoms. The molecule has 2 rings (SSSR count). The number of nitrogens with zero attached hydrogens (tertiary/aromatic N) is 2. The van der Waals surface area contributed by atoms with Gasteiger partial charge in [-0.15, -0.1) is 0 Å². The third-order valence-electron chi connectivity index (χ3n) is 2.35. The van der Waals surface area contributed by atoms with E-state index >= 15 is 0 Å². The lowest BCUT2D eigenvalue weighted by atomic mass is 10.3. The zero-order valence-electron chi connectivity index (χ0n) is 10.1. The molecular formula is C10H9FN4O4S. The highest BCUT2D eigenvalue weighted by Gasteiger charge is 2.28. The fourth-order valence-corrected chi connectivity index (χ4v) is 2.64. The molecule has 0 atom stereocenters. The number of hydrogen-bond acceptors (Lipinski definition) is 5. The second-order valence-corrected chi connectivity index (χ2v) is 5.40. The minimum Gasteiger partial charge on any atom is -0.478 e. The predicted molar refractivity (Wildman–Crippen MR) is 65.3 cm³/mol. The van der Waals surface area contributed by atoms with E-state index in [9.17, 15) is 17.6 Å². The molecule has 0 aliphatic heterocycles. The highest BCUT2D eigenvalue weighted by atomic mass is 32.2. The highest BCUT2D eigenvalue weighted by molar-refractivity contribution is 7.92. The van der Waals surface area contributed by atoms with Gasteiger partial charge in [-0.2, -0.15) is 13.5 Å². The summed E-state index contributed by atoms with van der Waals surface area (Å²) in [4.78, 5) is 14.5. The van der Waals surface area contributed by atoms with E-state index in [-0.39, 0.29) is 11.5 Å². The summed E-state index contributed by atoms with van der Waals surface area (Å²) in [6.45, 7) is 1.38. The quantitative estimate of drug-likeness (QED) is 0.765. The van der Waals surface area contributed by atoms with E-state index in [2.05, 4.69) is 15.2 Å². The molecule has 0 aromatic carbocycles. The Balaban J connectivity index is 2.41. The number of anilines is 1. The van der Waals surface area contributed by atoms with Gasteiger partial charge in [0.05, 0.1) is 6.20 Å². The van der Waals surface area contributed by atoms with E-state index in [4.69, 9.17) is 5.11 Å². The first kappa shape index (κ1) is 13.9. The van der Waals surface area contributed by atoms with Crippen LogP contribution in [-0.4, -0.2) is 34.7 Å². The molecule has 10 heteroatoms. The van der Waals surface area contributed by atoms with Crippen LogP contribution in [0.15, 0.2) is 23.4 Å². The lowest BCUT2D eigenvalue weighted by molar-refractivity contribution is 0.0692. The third kappa shape index (κ3) is 2.59.